The van der Waals surface area contributed by atoms with E-state index in [2.05, 4.69) is 34.9 Å². The monoisotopic (exact) mass is 328 g/mol. The van der Waals surface area contributed by atoms with E-state index in [1.54, 1.807) is 3.97 Å². The lowest BCUT2D eigenvalue weighted by Gasteiger charge is -2.12. The lowest BCUT2D eigenvalue weighted by Crippen LogP contribution is -1.93. The van der Waals surface area contributed by atoms with Gasteiger partial charge < -0.3 is 5.73 Å². The molecule has 3 aromatic heterocycles. The van der Waals surface area contributed by atoms with E-state index in [-0.39, 0.29) is 0 Å². The second-order valence-electron chi connectivity index (χ2n) is 5.53. The fourth-order valence-corrected chi connectivity index (χ4v) is 3.82. The minimum absolute atomic E-state index is 0.578. The largest absolute Gasteiger partial charge is 0.375 e. The number of hydrogen-bond acceptors (Lipinski definition) is 5. The molecule has 0 saturated heterocycles. The molecule has 0 spiro atoms. The SMILES string of the molecule is Nc1nc(-c2cn(S)c3ncc(C4=CCCCC4)cc23)cs1. The van der Waals surface area contributed by atoms with E-state index in [0.29, 0.717) is 5.13 Å². The summed E-state index contributed by atoms with van der Waals surface area (Å²) in [6.07, 6.45) is 11.1. The number of nitrogen functional groups attached to an aromatic ring is 1. The highest BCUT2D eigenvalue weighted by atomic mass is 32.1. The topological polar surface area (TPSA) is 56.7 Å². The van der Waals surface area contributed by atoms with Crippen molar-refractivity contribution in [3.05, 3.63) is 35.5 Å². The van der Waals surface area contributed by atoms with Crippen LogP contribution in [0, 0.1) is 0 Å². The molecule has 2 N–H and O–H groups in total. The summed E-state index contributed by atoms with van der Waals surface area (Å²) < 4.78 is 1.75. The maximum atomic E-state index is 5.77. The van der Waals surface area contributed by atoms with Crippen molar-refractivity contribution in [3.8, 4) is 11.3 Å². The molecule has 0 radical (unpaired) electrons. The summed E-state index contributed by atoms with van der Waals surface area (Å²) in [5.74, 6) is 0. The van der Waals surface area contributed by atoms with Gasteiger partial charge in [0.05, 0.1) is 5.69 Å². The third kappa shape index (κ3) is 2.32. The van der Waals surface area contributed by atoms with Crippen LogP contribution in [0.3, 0.4) is 0 Å². The van der Waals surface area contributed by atoms with Crippen molar-refractivity contribution < 1.29 is 0 Å². The average molecular weight is 328 g/mol. The predicted molar refractivity (Wildman–Crippen MR) is 96.1 cm³/mol. The molecule has 4 rings (SSSR count). The number of thiol groups is 1. The number of fused-ring (bicyclic) bond motifs is 1. The van der Waals surface area contributed by atoms with Crippen LogP contribution in [0.2, 0.25) is 0 Å². The standard InChI is InChI=1S/C16H16N4S2/c17-16-19-14(9-22-16)13-8-20(21)15-12(13)6-11(7-18-15)10-4-2-1-3-5-10/h4,6-9,21H,1-3,5H2,(H2,17,19). The Morgan fingerprint density at radius 3 is 2.95 bits per heavy atom. The number of hydrogen-bond donors (Lipinski definition) is 2. The average Bonchev–Trinajstić information content (AvgIpc) is 3.12. The highest BCUT2D eigenvalue weighted by Crippen LogP contribution is 2.34. The van der Waals surface area contributed by atoms with Crippen LogP contribution in [0.15, 0.2) is 29.9 Å². The van der Waals surface area contributed by atoms with Crippen molar-refractivity contribution in [2.45, 2.75) is 25.7 Å². The molecule has 0 aromatic carbocycles. The van der Waals surface area contributed by atoms with Gasteiger partial charge in [0, 0.05) is 28.7 Å². The molecule has 3 aromatic rings. The molecular formula is C16H16N4S2. The second-order valence-corrected chi connectivity index (χ2v) is 6.85. The van der Waals surface area contributed by atoms with Crippen molar-refractivity contribution >= 4 is 45.9 Å². The predicted octanol–water partition coefficient (Wildman–Crippen LogP) is 4.39. The summed E-state index contributed by atoms with van der Waals surface area (Å²) in [5.41, 5.74) is 11.1. The first-order valence-electron chi connectivity index (χ1n) is 7.33. The Kier molecular flexibility index (Phi) is 3.43. The molecular weight excluding hydrogens is 312 g/mol. The minimum Gasteiger partial charge on any atom is -0.375 e. The summed E-state index contributed by atoms with van der Waals surface area (Å²) in [5, 5.41) is 3.63. The molecule has 1 aliphatic carbocycles. The van der Waals surface area contributed by atoms with Crippen molar-refractivity contribution in [1.29, 1.82) is 0 Å². The maximum absolute atomic E-state index is 5.77. The van der Waals surface area contributed by atoms with Crippen molar-refractivity contribution in [2.24, 2.45) is 0 Å². The lowest BCUT2D eigenvalue weighted by molar-refractivity contribution is 0.742. The first kappa shape index (κ1) is 13.8. The molecule has 0 bridgehead atoms. The second kappa shape index (κ2) is 5.44. The van der Waals surface area contributed by atoms with Gasteiger partial charge in [0.2, 0.25) is 0 Å². The Labute approximate surface area is 138 Å². The fraction of sp³-hybridized carbons (Fsp3) is 0.250. The summed E-state index contributed by atoms with van der Waals surface area (Å²) in [4.78, 5) is 8.99. The van der Waals surface area contributed by atoms with Gasteiger partial charge in [-0.05, 0) is 42.9 Å². The Morgan fingerprint density at radius 1 is 1.32 bits per heavy atom. The summed E-state index contributed by atoms with van der Waals surface area (Å²) in [6, 6.07) is 2.21. The smallest absolute Gasteiger partial charge is 0.180 e. The van der Waals surface area contributed by atoms with E-state index in [4.69, 9.17) is 5.73 Å². The van der Waals surface area contributed by atoms with Crippen LogP contribution >= 0.6 is 24.2 Å². The van der Waals surface area contributed by atoms with Gasteiger partial charge in [-0.15, -0.1) is 11.3 Å². The number of anilines is 1. The Bertz CT molecular complexity index is 876. The van der Waals surface area contributed by atoms with Crippen LogP contribution in [-0.4, -0.2) is 13.9 Å². The molecule has 0 atom stereocenters. The van der Waals surface area contributed by atoms with Crippen molar-refractivity contribution in [3.63, 3.8) is 0 Å². The first-order valence-corrected chi connectivity index (χ1v) is 8.61. The normalized spacial score (nSPS) is 15.2. The van der Waals surface area contributed by atoms with Crippen LogP contribution in [0.4, 0.5) is 5.13 Å². The summed E-state index contributed by atoms with van der Waals surface area (Å²) in [6.45, 7) is 0. The number of nitrogens with two attached hydrogens (primary N) is 1. The molecule has 0 unspecified atom stereocenters. The molecule has 0 aliphatic heterocycles. The van der Waals surface area contributed by atoms with Gasteiger partial charge in [-0.3, -0.25) is 3.97 Å². The third-order valence-electron chi connectivity index (χ3n) is 4.08. The van der Waals surface area contributed by atoms with Crippen molar-refractivity contribution in [1.82, 2.24) is 13.9 Å². The number of aromatic nitrogens is 3. The highest BCUT2D eigenvalue weighted by Gasteiger charge is 2.15. The van der Waals surface area contributed by atoms with Crippen LogP contribution in [-0.2, 0) is 0 Å². The molecule has 6 heteroatoms. The molecule has 112 valence electrons. The van der Waals surface area contributed by atoms with Gasteiger partial charge in [0.25, 0.3) is 0 Å². The molecule has 4 nitrogen and oxygen atoms in total. The van der Waals surface area contributed by atoms with E-state index in [9.17, 15) is 0 Å². The molecule has 3 heterocycles. The van der Waals surface area contributed by atoms with Crippen LogP contribution < -0.4 is 5.73 Å². The van der Waals surface area contributed by atoms with Crippen molar-refractivity contribution in [2.75, 3.05) is 5.73 Å². The summed E-state index contributed by atoms with van der Waals surface area (Å²) >= 11 is 5.92. The van der Waals surface area contributed by atoms with E-state index >= 15 is 0 Å². The van der Waals surface area contributed by atoms with Gasteiger partial charge in [-0.25, -0.2) is 9.97 Å². The quantitative estimate of drug-likeness (QED) is 0.686. The van der Waals surface area contributed by atoms with E-state index < -0.39 is 0 Å². The van der Waals surface area contributed by atoms with Gasteiger partial charge in [0.1, 0.15) is 5.65 Å². The first-order chi connectivity index (χ1) is 10.7. The number of allylic oxidation sites excluding steroid dienone is 2. The third-order valence-corrected chi connectivity index (χ3v) is 5.06. The zero-order chi connectivity index (χ0) is 15.1. The lowest BCUT2D eigenvalue weighted by atomic mass is 9.94. The number of rotatable bonds is 2. The Hall–Kier alpha value is -1.79. The van der Waals surface area contributed by atoms with Gasteiger partial charge in [-0.1, -0.05) is 18.9 Å². The molecule has 1 aliphatic rings. The maximum Gasteiger partial charge on any atom is 0.180 e. The zero-order valence-corrected chi connectivity index (χ0v) is 13.7. The molecule has 22 heavy (non-hydrogen) atoms. The zero-order valence-electron chi connectivity index (χ0n) is 12.0. The number of nitrogens with zero attached hydrogens (tertiary/aromatic N) is 3. The van der Waals surface area contributed by atoms with E-state index in [1.165, 1.54) is 35.3 Å². The van der Waals surface area contributed by atoms with Gasteiger partial charge in [0.15, 0.2) is 5.13 Å². The molecule has 0 fully saturated rings. The Balaban J connectivity index is 1.89. The van der Waals surface area contributed by atoms with E-state index in [0.717, 1.165) is 35.1 Å². The van der Waals surface area contributed by atoms with E-state index in [1.807, 2.05) is 17.8 Å². The highest BCUT2D eigenvalue weighted by molar-refractivity contribution is 7.78. The van der Waals surface area contributed by atoms with Crippen LogP contribution in [0.5, 0.6) is 0 Å². The van der Waals surface area contributed by atoms with Crippen LogP contribution in [0.25, 0.3) is 27.9 Å². The minimum atomic E-state index is 0.578. The number of pyridine rings is 1. The number of thiazole rings is 1. The Morgan fingerprint density at radius 2 is 2.23 bits per heavy atom. The fourth-order valence-electron chi connectivity index (χ4n) is 2.98. The summed E-state index contributed by atoms with van der Waals surface area (Å²) in [7, 11) is 0. The molecule has 0 saturated carbocycles. The van der Waals surface area contributed by atoms with Crippen LogP contribution in [0.1, 0.15) is 31.2 Å². The van der Waals surface area contributed by atoms with Gasteiger partial charge in [-0.2, -0.15) is 0 Å². The molecule has 0 amide bonds. The van der Waals surface area contributed by atoms with Gasteiger partial charge >= 0.3 is 0 Å².